The number of thiazole rings is 1. The lowest BCUT2D eigenvalue weighted by atomic mass is 10.2. The highest BCUT2D eigenvalue weighted by atomic mass is 32.1. The number of aromatic nitrogens is 3. The van der Waals surface area contributed by atoms with Crippen LogP contribution < -0.4 is 4.74 Å². The lowest BCUT2D eigenvalue weighted by Gasteiger charge is -2.37. The molecular formula is C24H25N5O2S. The number of nitrogens with zero attached hydrogens (tertiary/aromatic N) is 5. The molecule has 3 heterocycles. The first-order valence-electron chi connectivity index (χ1n) is 10.7. The van der Waals surface area contributed by atoms with Crippen molar-refractivity contribution in [3.63, 3.8) is 0 Å². The van der Waals surface area contributed by atoms with Crippen molar-refractivity contribution in [2.24, 2.45) is 0 Å². The summed E-state index contributed by atoms with van der Waals surface area (Å²) < 4.78 is 8.36. The molecule has 2 aromatic heterocycles. The molecule has 32 heavy (non-hydrogen) atoms. The number of piperazine rings is 1. The van der Waals surface area contributed by atoms with Gasteiger partial charge in [-0.1, -0.05) is 30.3 Å². The second-order valence-electron chi connectivity index (χ2n) is 7.85. The van der Waals surface area contributed by atoms with Crippen molar-refractivity contribution < 1.29 is 9.53 Å². The molecule has 0 spiro atoms. The zero-order valence-corrected chi connectivity index (χ0v) is 19.0. The summed E-state index contributed by atoms with van der Waals surface area (Å²) in [4.78, 5) is 22.3. The highest BCUT2D eigenvalue weighted by molar-refractivity contribution is 7.18. The summed E-state index contributed by atoms with van der Waals surface area (Å²) >= 11 is 1.75. The van der Waals surface area contributed by atoms with Crippen LogP contribution in [-0.4, -0.2) is 63.8 Å². The summed E-state index contributed by atoms with van der Waals surface area (Å²) in [6.45, 7) is 5.08. The molecule has 2 aromatic carbocycles. The molecule has 1 amide bonds. The normalized spacial score (nSPS) is 15.8. The third-order valence-corrected chi connectivity index (χ3v) is 7.15. The number of rotatable bonds is 5. The highest BCUT2D eigenvalue weighted by Gasteiger charge is 2.29. The summed E-state index contributed by atoms with van der Waals surface area (Å²) in [6, 6.07) is 18.2. The summed E-state index contributed by atoms with van der Waals surface area (Å²) in [7, 11) is 1.57. The molecule has 1 fully saturated rings. The maximum Gasteiger partial charge on any atom is 0.278 e. The standard InChI is InChI=1S/C24H25N5O2S/c1-17(23-25-19-10-6-7-11-21(19)32-23)27-12-14-28(15-13-27)24(30)22-20(31-2)16-29(26-22)18-8-4-3-5-9-18/h3-11,16-17H,12-15H2,1-2H3. The molecule has 164 valence electrons. The fourth-order valence-corrected chi connectivity index (χ4v) is 5.11. The fourth-order valence-electron chi connectivity index (χ4n) is 4.06. The zero-order chi connectivity index (χ0) is 22.1. The molecule has 1 aliphatic rings. The van der Waals surface area contributed by atoms with Crippen molar-refractivity contribution in [3.8, 4) is 11.4 Å². The smallest absolute Gasteiger partial charge is 0.278 e. The van der Waals surface area contributed by atoms with Crippen molar-refractivity contribution in [3.05, 3.63) is 71.5 Å². The van der Waals surface area contributed by atoms with Gasteiger partial charge in [0.05, 0.1) is 35.3 Å². The summed E-state index contributed by atoms with van der Waals surface area (Å²) in [6.07, 6.45) is 1.76. The van der Waals surface area contributed by atoms with Crippen molar-refractivity contribution in [2.45, 2.75) is 13.0 Å². The Morgan fingerprint density at radius 3 is 2.47 bits per heavy atom. The first kappa shape index (κ1) is 20.7. The fraction of sp³-hybridized carbons (Fsp3) is 0.292. The van der Waals surface area contributed by atoms with E-state index in [1.807, 2.05) is 47.4 Å². The summed E-state index contributed by atoms with van der Waals surface area (Å²) in [5, 5.41) is 5.65. The van der Waals surface area contributed by atoms with Crippen LogP contribution in [-0.2, 0) is 0 Å². The van der Waals surface area contributed by atoms with E-state index in [9.17, 15) is 4.79 Å². The third-order valence-electron chi connectivity index (χ3n) is 5.94. The number of hydrogen-bond acceptors (Lipinski definition) is 6. The molecule has 1 aliphatic heterocycles. The first-order chi connectivity index (χ1) is 15.6. The molecule has 0 aliphatic carbocycles. The number of ether oxygens (including phenoxy) is 1. The van der Waals surface area contributed by atoms with Crippen LogP contribution in [0.5, 0.6) is 5.75 Å². The van der Waals surface area contributed by atoms with E-state index in [4.69, 9.17) is 9.72 Å². The number of hydrogen-bond donors (Lipinski definition) is 0. The Morgan fingerprint density at radius 1 is 1.03 bits per heavy atom. The van der Waals surface area contributed by atoms with Gasteiger partial charge in [-0.3, -0.25) is 9.69 Å². The van der Waals surface area contributed by atoms with E-state index in [1.165, 1.54) is 4.70 Å². The summed E-state index contributed by atoms with van der Waals surface area (Å²) in [5.74, 6) is 0.396. The lowest BCUT2D eigenvalue weighted by molar-refractivity contribution is 0.0573. The number of amides is 1. The molecule has 1 saturated heterocycles. The molecule has 0 bridgehead atoms. The molecule has 1 atom stereocenters. The van der Waals surface area contributed by atoms with Gasteiger partial charge in [0.1, 0.15) is 5.01 Å². The van der Waals surface area contributed by atoms with Crippen LogP contribution in [0, 0.1) is 0 Å². The number of para-hydroxylation sites is 2. The number of carbonyl (C=O) groups excluding carboxylic acids is 1. The van der Waals surface area contributed by atoms with Crippen LogP contribution in [0.15, 0.2) is 60.8 Å². The SMILES string of the molecule is COc1cn(-c2ccccc2)nc1C(=O)N1CCN(C(C)c2nc3ccccc3s2)CC1. The topological polar surface area (TPSA) is 63.5 Å². The van der Waals surface area contributed by atoms with Crippen molar-refractivity contribution in [1.29, 1.82) is 0 Å². The van der Waals surface area contributed by atoms with Gasteiger partial charge in [-0.05, 0) is 31.2 Å². The van der Waals surface area contributed by atoms with E-state index in [0.717, 1.165) is 29.3 Å². The van der Waals surface area contributed by atoms with E-state index in [-0.39, 0.29) is 11.9 Å². The van der Waals surface area contributed by atoms with Crippen LogP contribution in [0.25, 0.3) is 15.9 Å². The van der Waals surface area contributed by atoms with Crippen LogP contribution in [0.2, 0.25) is 0 Å². The predicted molar refractivity (Wildman–Crippen MR) is 126 cm³/mol. The Balaban J connectivity index is 1.28. The van der Waals surface area contributed by atoms with Gasteiger partial charge in [-0.15, -0.1) is 11.3 Å². The van der Waals surface area contributed by atoms with E-state index >= 15 is 0 Å². The molecule has 4 aromatic rings. The molecular weight excluding hydrogens is 422 g/mol. The Bertz CT molecular complexity index is 1190. The van der Waals surface area contributed by atoms with Gasteiger partial charge in [0.15, 0.2) is 11.4 Å². The van der Waals surface area contributed by atoms with E-state index < -0.39 is 0 Å². The second kappa shape index (κ2) is 8.72. The van der Waals surface area contributed by atoms with Gasteiger partial charge in [-0.2, -0.15) is 5.10 Å². The third kappa shape index (κ3) is 3.87. The Hall–Kier alpha value is -3.23. The Kier molecular flexibility index (Phi) is 5.63. The van der Waals surface area contributed by atoms with Crippen LogP contribution in [0.3, 0.4) is 0 Å². The number of fused-ring (bicyclic) bond motifs is 1. The van der Waals surface area contributed by atoms with Crippen molar-refractivity contribution in [2.75, 3.05) is 33.3 Å². The average molecular weight is 448 g/mol. The van der Waals surface area contributed by atoms with Crippen LogP contribution in [0.1, 0.15) is 28.5 Å². The van der Waals surface area contributed by atoms with Gasteiger partial charge in [-0.25, -0.2) is 9.67 Å². The minimum atomic E-state index is -0.0937. The minimum Gasteiger partial charge on any atom is -0.493 e. The average Bonchev–Trinajstić information content (AvgIpc) is 3.48. The van der Waals surface area contributed by atoms with E-state index in [0.29, 0.717) is 24.5 Å². The maximum atomic E-state index is 13.2. The molecule has 1 unspecified atom stereocenters. The second-order valence-corrected chi connectivity index (χ2v) is 8.91. The van der Waals surface area contributed by atoms with Gasteiger partial charge in [0, 0.05) is 26.2 Å². The molecule has 5 rings (SSSR count). The first-order valence-corrected chi connectivity index (χ1v) is 11.5. The van der Waals surface area contributed by atoms with Gasteiger partial charge in [0.25, 0.3) is 5.91 Å². The Morgan fingerprint density at radius 2 is 1.75 bits per heavy atom. The molecule has 0 N–H and O–H groups in total. The zero-order valence-electron chi connectivity index (χ0n) is 18.1. The largest absolute Gasteiger partial charge is 0.493 e. The Labute approximate surface area is 190 Å². The number of methoxy groups -OCH3 is 1. The van der Waals surface area contributed by atoms with Crippen LogP contribution >= 0.6 is 11.3 Å². The maximum absolute atomic E-state index is 13.2. The number of carbonyl (C=O) groups is 1. The predicted octanol–water partition coefficient (Wildman–Crippen LogP) is 4.01. The molecule has 0 saturated carbocycles. The van der Waals surface area contributed by atoms with Gasteiger partial charge < -0.3 is 9.64 Å². The monoisotopic (exact) mass is 447 g/mol. The van der Waals surface area contributed by atoms with Gasteiger partial charge in [0.2, 0.25) is 0 Å². The molecule has 0 radical (unpaired) electrons. The summed E-state index contributed by atoms with van der Waals surface area (Å²) in [5.41, 5.74) is 2.29. The van der Waals surface area contributed by atoms with Crippen molar-refractivity contribution >= 4 is 27.5 Å². The minimum absolute atomic E-state index is 0.0937. The van der Waals surface area contributed by atoms with Gasteiger partial charge >= 0.3 is 0 Å². The quantitative estimate of drug-likeness (QED) is 0.463. The van der Waals surface area contributed by atoms with Crippen molar-refractivity contribution in [1.82, 2.24) is 24.6 Å². The van der Waals surface area contributed by atoms with E-state index in [2.05, 4.69) is 29.1 Å². The molecule has 7 nitrogen and oxygen atoms in total. The van der Waals surface area contributed by atoms with Crippen LogP contribution in [0.4, 0.5) is 0 Å². The highest BCUT2D eigenvalue weighted by Crippen LogP contribution is 2.30. The van der Waals surface area contributed by atoms with E-state index in [1.54, 1.807) is 29.3 Å². The number of benzene rings is 2. The molecule has 8 heteroatoms. The lowest BCUT2D eigenvalue weighted by Crippen LogP contribution is -2.49.